The molecule has 0 aliphatic rings. The molecule has 2 aromatic heterocycles. The van der Waals surface area contributed by atoms with Crippen molar-refractivity contribution in [3.8, 4) is 0 Å². The molecule has 29 heavy (non-hydrogen) atoms. The molecule has 2 aromatic carbocycles. The number of rotatable bonds is 5. The zero-order chi connectivity index (χ0) is 20.5. The lowest BCUT2D eigenvalue weighted by Gasteiger charge is -2.08. The SMILES string of the molecule is Cc1ccc(Cn2c(/N=C/c3ccc([N+](=O)[O-])o3)nc3cc(C)c(C)cc32)cc1. The highest BCUT2D eigenvalue weighted by atomic mass is 16.6. The van der Waals surface area contributed by atoms with Crippen LogP contribution in [0.25, 0.3) is 11.0 Å². The van der Waals surface area contributed by atoms with E-state index in [1.807, 2.05) is 10.6 Å². The highest BCUT2D eigenvalue weighted by Gasteiger charge is 2.14. The van der Waals surface area contributed by atoms with Gasteiger partial charge in [0.1, 0.15) is 4.92 Å². The Morgan fingerprint density at radius 3 is 2.52 bits per heavy atom. The normalized spacial score (nSPS) is 11.6. The summed E-state index contributed by atoms with van der Waals surface area (Å²) in [5.74, 6) is 0.508. The number of nitrogens with zero attached hydrogens (tertiary/aromatic N) is 4. The molecule has 0 bridgehead atoms. The van der Waals surface area contributed by atoms with Crippen LogP contribution in [0.2, 0.25) is 0 Å². The third-order valence-corrected chi connectivity index (χ3v) is 4.90. The van der Waals surface area contributed by atoms with E-state index < -0.39 is 4.92 Å². The molecule has 0 aliphatic carbocycles. The first-order chi connectivity index (χ1) is 13.9. The molecule has 7 heteroatoms. The smallest absolute Gasteiger partial charge is 0.400 e. The molecular weight excluding hydrogens is 368 g/mol. The van der Waals surface area contributed by atoms with Crippen LogP contribution < -0.4 is 0 Å². The molecule has 4 aromatic rings. The van der Waals surface area contributed by atoms with Gasteiger partial charge in [0, 0.05) is 0 Å². The summed E-state index contributed by atoms with van der Waals surface area (Å²) in [7, 11) is 0. The predicted molar refractivity (Wildman–Crippen MR) is 112 cm³/mol. The molecule has 0 fully saturated rings. The van der Waals surface area contributed by atoms with Gasteiger partial charge in [-0.2, -0.15) is 0 Å². The van der Waals surface area contributed by atoms with Crippen LogP contribution in [0.15, 0.2) is 57.9 Å². The van der Waals surface area contributed by atoms with Crippen molar-refractivity contribution in [2.75, 3.05) is 0 Å². The van der Waals surface area contributed by atoms with Gasteiger partial charge in [-0.25, -0.2) is 9.98 Å². The van der Waals surface area contributed by atoms with Gasteiger partial charge < -0.3 is 8.98 Å². The summed E-state index contributed by atoms with van der Waals surface area (Å²) in [5, 5.41) is 10.8. The van der Waals surface area contributed by atoms with Crippen molar-refractivity contribution >= 4 is 29.1 Å². The van der Waals surface area contributed by atoms with Gasteiger partial charge in [0.25, 0.3) is 0 Å². The largest absolute Gasteiger partial charge is 0.433 e. The highest BCUT2D eigenvalue weighted by Crippen LogP contribution is 2.26. The van der Waals surface area contributed by atoms with Crippen molar-refractivity contribution < 1.29 is 9.34 Å². The quantitative estimate of drug-likeness (QED) is 0.265. The number of nitro groups is 1. The summed E-state index contributed by atoms with van der Waals surface area (Å²) in [4.78, 5) is 19.4. The second kappa shape index (κ2) is 7.35. The van der Waals surface area contributed by atoms with Crippen molar-refractivity contribution in [3.63, 3.8) is 0 Å². The maximum absolute atomic E-state index is 10.8. The lowest BCUT2D eigenvalue weighted by molar-refractivity contribution is -0.402. The zero-order valence-electron chi connectivity index (χ0n) is 16.4. The van der Waals surface area contributed by atoms with E-state index in [2.05, 4.69) is 61.1 Å². The van der Waals surface area contributed by atoms with Crippen LogP contribution in [0.3, 0.4) is 0 Å². The van der Waals surface area contributed by atoms with Gasteiger partial charge in [-0.1, -0.05) is 29.8 Å². The first-order valence-corrected chi connectivity index (χ1v) is 9.22. The lowest BCUT2D eigenvalue weighted by Crippen LogP contribution is -2.00. The van der Waals surface area contributed by atoms with Crippen molar-refractivity contribution in [2.24, 2.45) is 4.99 Å². The monoisotopic (exact) mass is 388 g/mol. The second-order valence-electron chi connectivity index (χ2n) is 7.10. The number of hydrogen-bond acceptors (Lipinski definition) is 5. The number of fused-ring (bicyclic) bond motifs is 1. The van der Waals surface area contributed by atoms with Crippen molar-refractivity contribution in [1.29, 1.82) is 0 Å². The van der Waals surface area contributed by atoms with Gasteiger partial charge in [-0.05, 0) is 55.7 Å². The minimum atomic E-state index is -0.574. The number of aliphatic imine (C=N–C) groups is 1. The van der Waals surface area contributed by atoms with E-state index in [4.69, 9.17) is 4.42 Å². The Morgan fingerprint density at radius 1 is 1.10 bits per heavy atom. The van der Waals surface area contributed by atoms with Crippen LogP contribution in [0, 0.1) is 30.9 Å². The summed E-state index contributed by atoms with van der Waals surface area (Å²) >= 11 is 0. The van der Waals surface area contributed by atoms with E-state index in [9.17, 15) is 10.1 Å². The zero-order valence-corrected chi connectivity index (χ0v) is 16.4. The van der Waals surface area contributed by atoms with E-state index in [-0.39, 0.29) is 5.88 Å². The van der Waals surface area contributed by atoms with Gasteiger partial charge in [-0.3, -0.25) is 10.1 Å². The fraction of sp³-hybridized carbons (Fsp3) is 0.182. The second-order valence-corrected chi connectivity index (χ2v) is 7.10. The maximum Gasteiger partial charge on any atom is 0.433 e. The number of imidazole rings is 1. The Hall–Kier alpha value is -3.74. The van der Waals surface area contributed by atoms with Crippen LogP contribution in [0.5, 0.6) is 0 Å². The average molecular weight is 388 g/mol. The molecule has 0 saturated carbocycles. The van der Waals surface area contributed by atoms with Crippen LogP contribution in [-0.2, 0) is 6.54 Å². The summed E-state index contributed by atoms with van der Waals surface area (Å²) < 4.78 is 7.21. The van der Waals surface area contributed by atoms with E-state index in [0.717, 1.165) is 22.2 Å². The molecular formula is C22H20N4O3. The summed E-state index contributed by atoms with van der Waals surface area (Å²) in [5.41, 5.74) is 6.53. The molecule has 0 saturated heterocycles. The number of furan rings is 1. The molecule has 4 rings (SSSR count). The van der Waals surface area contributed by atoms with Gasteiger partial charge in [0.05, 0.1) is 29.9 Å². The van der Waals surface area contributed by atoms with E-state index in [1.165, 1.54) is 29.5 Å². The highest BCUT2D eigenvalue weighted by molar-refractivity contribution is 5.83. The minimum absolute atomic E-state index is 0.304. The van der Waals surface area contributed by atoms with Gasteiger partial charge in [0.15, 0.2) is 5.76 Å². The van der Waals surface area contributed by atoms with Gasteiger partial charge in [0.2, 0.25) is 5.95 Å². The van der Waals surface area contributed by atoms with Crippen LogP contribution in [0.1, 0.15) is 28.0 Å². The Kier molecular flexibility index (Phi) is 4.72. The van der Waals surface area contributed by atoms with Crippen molar-refractivity contribution in [1.82, 2.24) is 9.55 Å². The molecule has 2 heterocycles. The first-order valence-electron chi connectivity index (χ1n) is 9.22. The molecule has 0 unspecified atom stereocenters. The Labute approximate surface area is 167 Å². The molecule has 0 atom stereocenters. The molecule has 7 nitrogen and oxygen atoms in total. The summed E-state index contributed by atoms with van der Waals surface area (Å²) in [6.45, 7) is 6.80. The van der Waals surface area contributed by atoms with Gasteiger partial charge >= 0.3 is 5.88 Å². The Balaban J connectivity index is 1.77. The minimum Gasteiger partial charge on any atom is -0.400 e. The number of benzene rings is 2. The number of aryl methyl sites for hydroxylation is 3. The topological polar surface area (TPSA) is 86.5 Å². The standard InChI is InChI=1S/C22H20N4O3/c1-14-4-6-17(7-5-14)13-25-20-11-16(3)15(2)10-19(20)24-22(25)23-12-18-8-9-21(29-18)26(27)28/h4-12H,13H2,1-3H3/b23-12+. The summed E-state index contributed by atoms with van der Waals surface area (Å²) in [6.07, 6.45) is 1.46. The van der Waals surface area contributed by atoms with Crippen LogP contribution in [-0.4, -0.2) is 20.7 Å². The fourth-order valence-corrected chi connectivity index (χ4v) is 3.13. The lowest BCUT2D eigenvalue weighted by atomic mass is 10.1. The van der Waals surface area contributed by atoms with E-state index in [0.29, 0.717) is 18.3 Å². The molecule has 0 aliphatic heterocycles. The maximum atomic E-state index is 10.8. The number of aromatic nitrogens is 2. The third-order valence-electron chi connectivity index (χ3n) is 4.90. The number of hydrogen-bond donors (Lipinski definition) is 0. The molecule has 0 radical (unpaired) electrons. The molecule has 0 amide bonds. The molecule has 0 N–H and O–H groups in total. The molecule has 0 spiro atoms. The van der Waals surface area contributed by atoms with E-state index >= 15 is 0 Å². The molecule has 146 valence electrons. The van der Waals surface area contributed by atoms with Crippen molar-refractivity contribution in [3.05, 3.63) is 86.7 Å². The van der Waals surface area contributed by atoms with E-state index in [1.54, 1.807) is 0 Å². The third kappa shape index (κ3) is 3.80. The Bertz CT molecular complexity index is 1230. The van der Waals surface area contributed by atoms with Crippen molar-refractivity contribution in [2.45, 2.75) is 27.3 Å². The average Bonchev–Trinajstić information content (AvgIpc) is 3.28. The predicted octanol–water partition coefficient (Wildman–Crippen LogP) is 5.26. The van der Waals surface area contributed by atoms with Crippen LogP contribution >= 0.6 is 0 Å². The summed E-state index contributed by atoms with van der Waals surface area (Å²) in [6, 6.07) is 15.3. The Morgan fingerprint density at radius 2 is 1.83 bits per heavy atom. The van der Waals surface area contributed by atoms with Crippen LogP contribution in [0.4, 0.5) is 11.8 Å². The fourth-order valence-electron chi connectivity index (χ4n) is 3.13. The van der Waals surface area contributed by atoms with Gasteiger partial charge in [-0.15, -0.1) is 0 Å². The first kappa shape index (κ1) is 18.6.